The van der Waals surface area contributed by atoms with E-state index in [2.05, 4.69) is 93.7 Å². The van der Waals surface area contributed by atoms with Crippen LogP contribution in [0, 0.1) is 0 Å². The molecule has 1 unspecified atom stereocenters. The van der Waals surface area contributed by atoms with E-state index in [0.29, 0.717) is 19.3 Å². The number of rotatable bonds is 46. The van der Waals surface area contributed by atoms with Gasteiger partial charge in [0.05, 0.1) is 0 Å². The third-order valence-electron chi connectivity index (χ3n) is 10.9. The summed E-state index contributed by atoms with van der Waals surface area (Å²) in [6.07, 6.45) is 63.4. The molecule has 6 heteroatoms. The van der Waals surface area contributed by atoms with Gasteiger partial charge in [0.15, 0.2) is 6.10 Å². The van der Waals surface area contributed by atoms with Crippen molar-refractivity contribution in [2.75, 3.05) is 13.2 Å². The maximum Gasteiger partial charge on any atom is 0.306 e. The number of hydrogen-bond acceptors (Lipinski definition) is 6. The van der Waals surface area contributed by atoms with Crippen LogP contribution in [0.25, 0.3) is 0 Å². The van der Waals surface area contributed by atoms with Crippen LogP contribution < -0.4 is 0 Å². The summed E-state index contributed by atoms with van der Waals surface area (Å²) in [6.45, 7) is 6.43. The molecule has 0 heterocycles. The zero-order valence-electron chi connectivity index (χ0n) is 40.6. The van der Waals surface area contributed by atoms with E-state index in [9.17, 15) is 14.4 Å². The normalized spacial score (nSPS) is 12.6. The zero-order valence-corrected chi connectivity index (χ0v) is 40.6. The van der Waals surface area contributed by atoms with E-state index in [0.717, 1.165) is 103 Å². The molecular weight excluding hydrogens is 769 g/mol. The highest BCUT2D eigenvalue weighted by Gasteiger charge is 2.19. The SMILES string of the molecule is CC/C=C\C/C=C\C/C=C\C/C=C\CCCCCCC(=O)OC(COC(=O)CCCCCCCC)COC(=O)CCCCCCCCCCC/C=C\C/C=C\CCCCCCC. The summed E-state index contributed by atoms with van der Waals surface area (Å²) < 4.78 is 16.7. The average Bonchev–Trinajstić information content (AvgIpc) is 3.27. The molecule has 0 aliphatic heterocycles. The van der Waals surface area contributed by atoms with Crippen LogP contribution in [0.5, 0.6) is 0 Å². The highest BCUT2D eigenvalue weighted by molar-refractivity contribution is 5.71. The molecule has 0 aliphatic rings. The van der Waals surface area contributed by atoms with Crippen LogP contribution in [0.4, 0.5) is 0 Å². The Hall–Kier alpha value is -3.15. The van der Waals surface area contributed by atoms with Gasteiger partial charge in [-0.15, -0.1) is 0 Å². The molecule has 0 radical (unpaired) electrons. The summed E-state index contributed by atoms with van der Waals surface area (Å²) in [7, 11) is 0. The van der Waals surface area contributed by atoms with Crippen LogP contribution in [-0.4, -0.2) is 37.2 Å². The number of allylic oxidation sites excluding steroid dienone is 12. The van der Waals surface area contributed by atoms with E-state index in [1.807, 2.05) is 0 Å². The highest BCUT2D eigenvalue weighted by atomic mass is 16.6. The predicted molar refractivity (Wildman–Crippen MR) is 265 cm³/mol. The Morgan fingerprint density at radius 1 is 0.339 bits per heavy atom. The lowest BCUT2D eigenvalue weighted by molar-refractivity contribution is -0.167. The van der Waals surface area contributed by atoms with Crippen molar-refractivity contribution < 1.29 is 28.6 Å². The minimum absolute atomic E-state index is 0.0871. The van der Waals surface area contributed by atoms with Gasteiger partial charge < -0.3 is 14.2 Å². The molecule has 0 aromatic carbocycles. The van der Waals surface area contributed by atoms with Crippen molar-refractivity contribution in [3.63, 3.8) is 0 Å². The molecule has 62 heavy (non-hydrogen) atoms. The molecule has 0 N–H and O–H groups in total. The maximum atomic E-state index is 12.7. The molecule has 0 spiro atoms. The largest absolute Gasteiger partial charge is 0.462 e. The van der Waals surface area contributed by atoms with Gasteiger partial charge in [0.25, 0.3) is 0 Å². The Labute approximate surface area is 382 Å². The van der Waals surface area contributed by atoms with Crippen molar-refractivity contribution in [1.82, 2.24) is 0 Å². The molecule has 0 saturated carbocycles. The van der Waals surface area contributed by atoms with E-state index in [-0.39, 0.29) is 31.1 Å². The van der Waals surface area contributed by atoms with Crippen molar-refractivity contribution in [3.05, 3.63) is 72.9 Å². The fraction of sp³-hybridized carbons (Fsp3) is 0.732. The van der Waals surface area contributed by atoms with Crippen molar-refractivity contribution in [1.29, 1.82) is 0 Å². The van der Waals surface area contributed by atoms with Gasteiger partial charge in [0.2, 0.25) is 0 Å². The fourth-order valence-corrected chi connectivity index (χ4v) is 7.05. The standard InChI is InChI=1S/C56H96O6/c1-4-7-10-13-16-18-20-22-24-26-27-28-29-31-32-34-36-38-40-43-46-49-55(58)61-52-53(51-60-54(57)48-45-42-15-12-9-6-3)62-56(59)50-47-44-41-39-37-35-33-30-25-23-21-19-17-14-11-8-5-2/h8,11,17,19-20,22-23,25-27,33,35,53H,4-7,9-10,12-16,18,21,24,28-32,34,36-52H2,1-3H3/b11-8-,19-17-,22-20-,25-23-,27-26-,35-33-. The smallest absolute Gasteiger partial charge is 0.306 e. The Balaban J connectivity index is 4.24. The summed E-state index contributed by atoms with van der Waals surface area (Å²) in [6, 6.07) is 0. The van der Waals surface area contributed by atoms with Gasteiger partial charge in [-0.2, -0.15) is 0 Å². The Morgan fingerprint density at radius 3 is 0.984 bits per heavy atom. The van der Waals surface area contributed by atoms with Gasteiger partial charge in [-0.3, -0.25) is 14.4 Å². The Kier molecular flexibility index (Phi) is 47.9. The highest BCUT2D eigenvalue weighted by Crippen LogP contribution is 2.14. The second kappa shape index (κ2) is 50.5. The lowest BCUT2D eigenvalue weighted by atomic mass is 10.1. The second-order valence-corrected chi connectivity index (χ2v) is 17.1. The van der Waals surface area contributed by atoms with Crippen LogP contribution in [0.2, 0.25) is 0 Å². The number of hydrogen-bond donors (Lipinski definition) is 0. The molecule has 0 aliphatic carbocycles. The third kappa shape index (κ3) is 47.9. The first-order valence-electron chi connectivity index (χ1n) is 25.9. The van der Waals surface area contributed by atoms with Crippen LogP contribution in [0.15, 0.2) is 72.9 Å². The molecule has 0 rings (SSSR count). The van der Waals surface area contributed by atoms with Crippen LogP contribution in [0.3, 0.4) is 0 Å². The molecule has 0 aromatic rings. The van der Waals surface area contributed by atoms with E-state index in [1.54, 1.807) is 0 Å². The Morgan fingerprint density at radius 2 is 0.629 bits per heavy atom. The van der Waals surface area contributed by atoms with E-state index in [4.69, 9.17) is 14.2 Å². The van der Waals surface area contributed by atoms with Crippen molar-refractivity contribution in [3.8, 4) is 0 Å². The van der Waals surface area contributed by atoms with Gasteiger partial charge in [-0.1, -0.05) is 209 Å². The quantitative estimate of drug-likeness (QED) is 0.0262. The minimum Gasteiger partial charge on any atom is -0.462 e. The average molecular weight is 865 g/mol. The van der Waals surface area contributed by atoms with E-state index >= 15 is 0 Å². The number of carbonyl (C=O) groups excluding carboxylic acids is 3. The first-order chi connectivity index (χ1) is 30.5. The number of carbonyl (C=O) groups is 3. The molecule has 356 valence electrons. The van der Waals surface area contributed by atoms with E-state index in [1.165, 1.54) is 103 Å². The molecule has 6 nitrogen and oxygen atoms in total. The fourth-order valence-electron chi connectivity index (χ4n) is 7.05. The lowest BCUT2D eigenvalue weighted by Crippen LogP contribution is -2.30. The van der Waals surface area contributed by atoms with Crippen molar-refractivity contribution >= 4 is 17.9 Å². The Bertz CT molecular complexity index is 1180. The van der Waals surface area contributed by atoms with Crippen LogP contribution >= 0.6 is 0 Å². The van der Waals surface area contributed by atoms with Gasteiger partial charge in [-0.05, 0) is 89.9 Å². The van der Waals surface area contributed by atoms with Gasteiger partial charge >= 0.3 is 17.9 Å². The molecule has 0 amide bonds. The maximum absolute atomic E-state index is 12.7. The van der Waals surface area contributed by atoms with Crippen LogP contribution in [-0.2, 0) is 28.6 Å². The molecule has 0 saturated heterocycles. The number of ether oxygens (including phenoxy) is 3. The van der Waals surface area contributed by atoms with Gasteiger partial charge in [-0.25, -0.2) is 0 Å². The van der Waals surface area contributed by atoms with Gasteiger partial charge in [0.1, 0.15) is 13.2 Å². The second-order valence-electron chi connectivity index (χ2n) is 17.1. The molecular formula is C56H96O6. The van der Waals surface area contributed by atoms with Crippen molar-refractivity contribution in [2.24, 2.45) is 0 Å². The number of esters is 3. The summed E-state index contributed by atoms with van der Waals surface area (Å²) >= 11 is 0. The molecule has 1 atom stereocenters. The summed E-state index contributed by atoms with van der Waals surface area (Å²) in [5, 5.41) is 0. The number of unbranched alkanes of at least 4 members (excludes halogenated alkanes) is 23. The summed E-state index contributed by atoms with van der Waals surface area (Å²) in [4.78, 5) is 37.7. The zero-order chi connectivity index (χ0) is 45.1. The minimum atomic E-state index is -0.786. The third-order valence-corrected chi connectivity index (χ3v) is 10.9. The first kappa shape index (κ1) is 58.9. The molecule has 0 aromatic heterocycles. The summed E-state index contributed by atoms with van der Waals surface area (Å²) in [5.74, 6) is -0.924. The monoisotopic (exact) mass is 865 g/mol. The molecule has 0 fully saturated rings. The topological polar surface area (TPSA) is 78.9 Å². The van der Waals surface area contributed by atoms with Crippen molar-refractivity contribution in [2.45, 2.75) is 252 Å². The van der Waals surface area contributed by atoms with E-state index < -0.39 is 6.10 Å². The molecule has 0 bridgehead atoms. The van der Waals surface area contributed by atoms with Gasteiger partial charge in [0, 0.05) is 19.3 Å². The first-order valence-corrected chi connectivity index (χ1v) is 25.9. The van der Waals surface area contributed by atoms with Crippen LogP contribution in [0.1, 0.15) is 245 Å². The summed E-state index contributed by atoms with van der Waals surface area (Å²) in [5.41, 5.74) is 0. The predicted octanol–water partition coefficient (Wildman–Crippen LogP) is 17.0. The lowest BCUT2D eigenvalue weighted by Gasteiger charge is -2.18.